The number of nitrogens with two attached hydrogens (primary N) is 1. The van der Waals surface area contributed by atoms with Gasteiger partial charge in [-0.15, -0.1) is 5.10 Å². The molecule has 24 heavy (non-hydrogen) atoms. The maximum Gasteiger partial charge on any atom is 0.340 e. The van der Waals surface area contributed by atoms with Gasteiger partial charge in [0.1, 0.15) is 6.20 Å². The number of hydrogen-bond donors (Lipinski definition) is 2. The molecule has 0 saturated carbocycles. The number of para-hydroxylation sites is 1. The van der Waals surface area contributed by atoms with Crippen LogP contribution in [0.1, 0.15) is 17.3 Å². The van der Waals surface area contributed by atoms with Gasteiger partial charge in [0.05, 0.1) is 23.6 Å². The number of benzene rings is 1. The fourth-order valence-electron chi connectivity index (χ4n) is 1.73. The van der Waals surface area contributed by atoms with Crippen LogP contribution in [-0.2, 0) is 9.53 Å². The summed E-state index contributed by atoms with van der Waals surface area (Å²) in [4.78, 5) is 35.2. The lowest BCUT2D eigenvalue weighted by atomic mass is 10.2. The average Bonchev–Trinajstić information content (AvgIpc) is 2.57. The van der Waals surface area contributed by atoms with Gasteiger partial charge in [-0.3, -0.25) is 9.59 Å². The van der Waals surface area contributed by atoms with Crippen molar-refractivity contribution in [1.29, 1.82) is 0 Å². The number of carbonyl (C=O) groups excluding carboxylic acids is 2. The molecule has 3 N–H and O–H groups in total. The van der Waals surface area contributed by atoms with Crippen LogP contribution in [-0.4, -0.2) is 39.1 Å². The van der Waals surface area contributed by atoms with E-state index in [9.17, 15) is 14.4 Å². The van der Waals surface area contributed by atoms with Crippen LogP contribution >= 0.6 is 11.8 Å². The number of anilines is 1. The van der Waals surface area contributed by atoms with E-state index in [2.05, 4.69) is 15.5 Å². The largest absolute Gasteiger partial charge is 0.462 e. The molecule has 0 aliphatic heterocycles. The predicted molar refractivity (Wildman–Crippen MR) is 88.2 cm³/mol. The van der Waals surface area contributed by atoms with E-state index in [-0.39, 0.29) is 23.1 Å². The third kappa shape index (κ3) is 4.32. The molecular formula is C14H15N5O4S. The van der Waals surface area contributed by atoms with Crippen LogP contribution in [0.5, 0.6) is 0 Å². The molecule has 0 atom stereocenters. The van der Waals surface area contributed by atoms with Crippen molar-refractivity contribution in [3.63, 3.8) is 0 Å². The van der Waals surface area contributed by atoms with Gasteiger partial charge in [-0.05, 0) is 19.1 Å². The van der Waals surface area contributed by atoms with Crippen LogP contribution in [0.2, 0.25) is 0 Å². The average molecular weight is 349 g/mol. The van der Waals surface area contributed by atoms with Gasteiger partial charge >= 0.3 is 5.97 Å². The fourth-order valence-corrected chi connectivity index (χ4v) is 2.39. The summed E-state index contributed by atoms with van der Waals surface area (Å²) in [6.07, 6.45) is 0.972. The molecule has 0 unspecified atom stereocenters. The first-order chi connectivity index (χ1) is 11.5. The Morgan fingerprint density at radius 3 is 2.88 bits per heavy atom. The van der Waals surface area contributed by atoms with Crippen molar-refractivity contribution < 1.29 is 14.3 Å². The third-order valence-corrected chi connectivity index (χ3v) is 3.73. The highest BCUT2D eigenvalue weighted by atomic mass is 32.2. The molecule has 0 radical (unpaired) electrons. The highest BCUT2D eigenvalue weighted by Crippen LogP contribution is 2.17. The summed E-state index contributed by atoms with van der Waals surface area (Å²) in [7, 11) is 0. The van der Waals surface area contributed by atoms with E-state index in [1.54, 1.807) is 31.2 Å². The zero-order valence-electron chi connectivity index (χ0n) is 12.8. The Kier molecular flexibility index (Phi) is 5.90. The minimum absolute atomic E-state index is 0.0630. The second-order valence-electron chi connectivity index (χ2n) is 4.44. The molecule has 1 heterocycles. The topological polar surface area (TPSA) is 129 Å². The monoisotopic (exact) mass is 349 g/mol. The molecule has 126 valence electrons. The van der Waals surface area contributed by atoms with Crippen LogP contribution in [0.4, 0.5) is 5.69 Å². The number of amides is 1. The molecule has 0 fully saturated rings. The Hall–Kier alpha value is -2.88. The van der Waals surface area contributed by atoms with E-state index in [4.69, 9.17) is 10.6 Å². The van der Waals surface area contributed by atoms with Gasteiger partial charge < -0.3 is 15.9 Å². The Balaban J connectivity index is 2.04. The minimum Gasteiger partial charge on any atom is -0.462 e. The minimum atomic E-state index is -0.527. The number of carbonyl (C=O) groups is 2. The second-order valence-corrected chi connectivity index (χ2v) is 5.38. The molecule has 2 aromatic rings. The molecule has 0 spiro atoms. The number of nitrogens with zero attached hydrogens (tertiary/aromatic N) is 3. The molecule has 1 aromatic carbocycles. The van der Waals surface area contributed by atoms with Gasteiger partial charge in [-0.1, -0.05) is 23.9 Å². The Morgan fingerprint density at radius 1 is 1.38 bits per heavy atom. The molecular weight excluding hydrogens is 334 g/mol. The van der Waals surface area contributed by atoms with Crippen LogP contribution < -0.4 is 16.7 Å². The number of aromatic nitrogens is 3. The van der Waals surface area contributed by atoms with Gasteiger partial charge in [0.25, 0.3) is 5.56 Å². The molecule has 0 aliphatic rings. The molecule has 0 bridgehead atoms. The maximum absolute atomic E-state index is 12.1. The molecule has 1 aromatic heterocycles. The summed E-state index contributed by atoms with van der Waals surface area (Å²) in [6, 6.07) is 6.51. The summed E-state index contributed by atoms with van der Waals surface area (Å²) < 4.78 is 5.74. The van der Waals surface area contributed by atoms with Gasteiger partial charge in [0, 0.05) is 0 Å². The molecule has 9 nitrogen and oxygen atoms in total. The van der Waals surface area contributed by atoms with Crippen molar-refractivity contribution >= 4 is 29.3 Å². The Bertz CT molecular complexity index is 808. The zero-order valence-corrected chi connectivity index (χ0v) is 13.6. The number of nitrogens with one attached hydrogen (secondary N) is 1. The summed E-state index contributed by atoms with van der Waals surface area (Å²) in [5, 5.41) is 9.90. The van der Waals surface area contributed by atoms with E-state index in [1.807, 2.05) is 0 Å². The lowest BCUT2D eigenvalue weighted by Gasteiger charge is -2.10. The summed E-state index contributed by atoms with van der Waals surface area (Å²) in [5.74, 6) is 4.53. The number of nitrogen functional groups attached to an aromatic ring is 1. The Morgan fingerprint density at radius 2 is 2.12 bits per heavy atom. The first kappa shape index (κ1) is 17.5. The maximum atomic E-state index is 12.1. The lowest BCUT2D eigenvalue weighted by Crippen LogP contribution is -2.30. The second kappa shape index (κ2) is 8.11. The summed E-state index contributed by atoms with van der Waals surface area (Å²) >= 11 is 0.949. The first-order valence-electron chi connectivity index (χ1n) is 6.91. The van der Waals surface area contributed by atoms with E-state index >= 15 is 0 Å². The van der Waals surface area contributed by atoms with Crippen molar-refractivity contribution in [2.75, 3.05) is 23.5 Å². The highest BCUT2D eigenvalue weighted by Gasteiger charge is 2.14. The van der Waals surface area contributed by atoms with E-state index in [1.165, 1.54) is 0 Å². The first-order valence-corrected chi connectivity index (χ1v) is 7.90. The summed E-state index contributed by atoms with van der Waals surface area (Å²) in [5.41, 5.74) is 0.0688. The zero-order chi connectivity index (χ0) is 17.5. The number of ether oxygens (including phenoxy) is 1. The third-order valence-electron chi connectivity index (χ3n) is 2.78. The van der Waals surface area contributed by atoms with Crippen LogP contribution in [0.25, 0.3) is 0 Å². The van der Waals surface area contributed by atoms with Gasteiger partial charge in [-0.25, -0.2) is 4.79 Å². The van der Waals surface area contributed by atoms with Crippen LogP contribution in [0, 0.1) is 0 Å². The van der Waals surface area contributed by atoms with Gasteiger partial charge in [0.2, 0.25) is 11.1 Å². The molecule has 1 amide bonds. The summed E-state index contributed by atoms with van der Waals surface area (Å²) in [6.45, 7) is 1.93. The Labute approximate surface area is 141 Å². The number of thioether (sulfide) groups is 1. The normalized spacial score (nSPS) is 10.2. The SMILES string of the molecule is CCOC(=O)c1ccccc1NC(=O)CSc1nncc(=O)n1N. The predicted octanol–water partition coefficient (Wildman–Crippen LogP) is 0.260. The van der Waals surface area contributed by atoms with Gasteiger partial charge in [-0.2, -0.15) is 9.77 Å². The quantitative estimate of drug-likeness (QED) is 0.431. The van der Waals surface area contributed by atoms with Crippen molar-refractivity contribution in [3.05, 3.63) is 46.4 Å². The standard InChI is InChI=1S/C14H15N5O4S/c1-2-23-13(22)9-5-3-4-6-10(9)17-11(20)8-24-14-18-16-7-12(21)19(14)15/h3-7H,2,8,15H2,1H3,(H,17,20). The number of rotatable bonds is 6. The highest BCUT2D eigenvalue weighted by molar-refractivity contribution is 7.99. The van der Waals surface area contributed by atoms with Crippen molar-refractivity contribution in [2.24, 2.45) is 0 Å². The molecule has 0 saturated heterocycles. The van der Waals surface area contributed by atoms with E-state index in [0.29, 0.717) is 5.69 Å². The van der Waals surface area contributed by atoms with Crippen LogP contribution in [0.15, 0.2) is 40.4 Å². The fraction of sp³-hybridized carbons (Fsp3) is 0.214. The lowest BCUT2D eigenvalue weighted by molar-refractivity contribution is -0.113. The molecule has 2 rings (SSSR count). The van der Waals surface area contributed by atoms with E-state index < -0.39 is 17.4 Å². The molecule has 10 heteroatoms. The van der Waals surface area contributed by atoms with Crippen LogP contribution in [0.3, 0.4) is 0 Å². The van der Waals surface area contributed by atoms with Crippen molar-refractivity contribution in [1.82, 2.24) is 14.9 Å². The van der Waals surface area contributed by atoms with Crippen molar-refractivity contribution in [3.8, 4) is 0 Å². The van der Waals surface area contributed by atoms with Gasteiger partial charge in [0.15, 0.2) is 0 Å². The van der Waals surface area contributed by atoms with E-state index in [0.717, 1.165) is 22.6 Å². The number of hydrogen-bond acceptors (Lipinski definition) is 8. The number of esters is 1. The molecule has 0 aliphatic carbocycles. The van der Waals surface area contributed by atoms with Crippen molar-refractivity contribution in [2.45, 2.75) is 12.1 Å². The smallest absolute Gasteiger partial charge is 0.340 e.